The second-order valence-corrected chi connectivity index (χ2v) is 14.1. The zero-order valence-corrected chi connectivity index (χ0v) is 30.8. The Morgan fingerprint density at radius 2 is 0.768 bits per heavy atom. The zero-order chi connectivity index (χ0) is 37.3. The summed E-state index contributed by atoms with van der Waals surface area (Å²) in [7, 11) is 0. The largest absolute Gasteiger partial charge is 0.309 e. The van der Waals surface area contributed by atoms with Gasteiger partial charge < -0.3 is 9.47 Å². The molecule has 2 nitrogen and oxygen atoms in total. The van der Waals surface area contributed by atoms with Gasteiger partial charge in [-0.2, -0.15) is 0 Å². The molecule has 264 valence electrons. The first-order valence-electron chi connectivity index (χ1n) is 19.2. The Kier molecular flexibility index (Phi) is 8.55. The average Bonchev–Trinajstić information content (AvgIpc) is 3.63. The van der Waals surface area contributed by atoms with Gasteiger partial charge in [0, 0.05) is 38.8 Å². The third-order valence-electron chi connectivity index (χ3n) is 10.8. The molecule has 0 fully saturated rings. The van der Waals surface area contributed by atoms with Crippen LogP contribution in [-0.2, 0) is 0 Å². The van der Waals surface area contributed by atoms with Gasteiger partial charge in [0.05, 0.1) is 22.4 Å². The third kappa shape index (κ3) is 5.85. The molecule has 9 aromatic carbocycles. The van der Waals surface area contributed by atoms with Crippen molar-refractivity contribution in [3.05, 3.63) is 231 Å². The molecule has 0 bridgehead atoms. The molecule has 0 radical (unpaired) electrons. The molecule has 0 aliphatic rings. The molecule has 1 aromatic heterocycles. The molecular formula is C54H38N2. The van der Waals surface area contributed by atoms with Crippen LogP contribution >= 0.6 is 0 Å². The van der Waals surface area contributed by atoms with E-state index >= 15 is 0 Å². The summed E-state index contributed by atoms with van der Waals surface area (Å²) in [5, 5.41) is 2.47. The van der Waals surface area contributed by atoms with Gasteiger partial charge in [-0.15, -0.1) is 0 Å². The number of benzene rings is 9. The van der Waals surface area contributed by atoms with Crippen molar-refractivity contribution in [1.29, 1.82) is 0 Å². The topological polar surface area (TPSA) is 8.17 Å². The summed E-state index contributed by atoms with van der Waals surface area (Å²) in [5.41, 5.74) is 16.3. The molecule has 10 rings (SSSR count). The van der Waals surface area contributed by atoms with Gasteiger partial charge in [0.25, 0.3) is 0 Å². The Morgan fingerprint density at radius 3 is 1.38 bits per heavy atom. The fraction of sp³-hybridized carbons (Fsp3) is 0. The van der Waals surface area contributed by atoms with Crippen LogP contribution in [0.2, 0.25) is 0 Å². The molecule has 1 heterocycles. The molecule has 0 aliphatic heterocycles. The molecule has 0 spiro atoms. The minimum Gasteiger partial charge on any atom is -0.309 e. The van der Waals surface area contributed by atoms with Crippen molar-refractivity contribution < 1.29 is 0 Å². The van der Waals surface area contributed by atoms with E-state index < -0.39 is 0 Å². The van der Waals surface area contributed by atoms with E-state index in [1.165, 1.54) is 60.8 Å². The Morgan fingerprint density at radius 1 is 0.321 bits per heavy atom. The van der Waals surface area contributed by atoms with Crippen LogP contribution in [0.4, 0.5) is 17.1 Å². The van der Waals surface area contributed by atoms with Gasteiger partial charge in [-0.1, -0.05) is 188 Å². The van der Waals surface area contributed by atoms with Gasteiger partial charge in [0.15, 0.2) is 0 Å². The number of nitrogens with zero attached hydrogens (tertiary/aromatic N) is 2. The highest BCUT2D eigenvalue weighted by Gasteiger charge is 2.23. The molecule has 0 unspecified atom stereocenters. The van der Waals surface area contributed by atoms with E-state index in [0.717, 1.165) is 28.3 Å². The first-order valence-corrected chi connectivity index (χ1v) is 19.2. The number of aromatic nitrogens is 1. The van der Waals surface area contributed by atoms with Crippen molar-refractivity contribution in [3.63, 3.8) is 0 Å². The maximum Gasteiger partial charge on any atom is 0.0619 e. The summed E-state index contributed by atoms with van der Waals surface area (Å²) >= 11 is 0. The highest BCUT2D eigenvalue weighted by atomic mass is 15.1. The lowest BCUT2D eigenvalue weighted by atomic mass is 9.96. The quantitative estimate of drug-likeness (QED) is 0.152. The van der Waals surface area contributed by atoms with Crippen LogP contribution in [0, 0.1) is 0 Å². The first kappa shape index (κ1) is 33.2. The molecule has 0 N–H and O–H groups in total. The smallest absolute Gasteiger partial charge is 0.0619 e. The van der Waals surface area contributed by atoms with Crippen LogP contribution in [-0.4, -0.2) is 4.57 Å². The lowest BCUT2D eigenvalue weighted by molar-refractivity contribution is 1.18. The van der Waals surface area contributed by atoms with Crippen molar-refractivity contribution >= 4 is 38.9 Å². The van der Waals surface area contributed by atoms with Crippen LogP contribution in [0.3, 0.4) is 0 Å². The van der Waals surface area contributed by atoms with Gasteiger partial charge >= 0.3 is 0 Å². The standard InChI is InChI=1S/C54H38N2/c1-5-20-39(21-6-1)45-30-13-15-35-50(45)55(51-36-16-14-31-46(51)40-22-7-2-8-23-40)44-29-17-26-42(38-44)47-32-19-37-52-53(47)49-34-18-33-48(41-24-9-3-10-25-41)54(49)56(52)43-27-11-4-12-28-43/h1-38H. The number of anilines is 3. The highest BCUT2D eigenvalue weighted by molar-refractivity contribution is 6.19. The molecule has 2 heteroatoms. The molecule has 10 aromatic rings. The van der Waals surface area contributed by atoms with E-state index in [2.05, 4.69) is 240 Å². The third-order valence-corrected chi connectivity index (χ3v) is 10.8. The van der Waals surface area contributed by atoms with Crippen molar-refractivity contribution in [2.24, 2.45) is 0 Å². The summed E-state index contributed by atoms with van der Waals surface area (Å²) in [4.78, 5) is 2.44. The van der Waals surface area contributed by atoms with E-state index in [1.807, 2.05) is 0 Å². The summed E-state index contributed by atoms with van der Waals surface area (Å²) in [6.45, 7) is 0. The predicted molar refractivity (Wildman–Crippen MR) is 237 cm³/mol. The van der Waals surface area contributed by atoms with E-state index in [4.69, 9.17) is 0 Å². The molecule has 0 amide bonds. The van der Waals surface area contributed by atoms with Crippen LogP contribution in [0.1, 0.15) is 0 Å². The minimum absolute atomic E-state index is 1.09. The summed E-state index contributed by atoms with van der Waals surface area (Å²) in [6.07, 6.45) is 0. The summed E-state index contributed by atoms with van der Waals surface area (Å²) < 4.78 is 2.44. The van der Waals surface area contributed by atoms with Gasteiger partial charge in [0.2, 0.25) is 0 Å². The monoisotopic (exact) mass is 714 g/mol. The molecule has 0 atom stereocenters. The Bertz CT molecular complexity index is 2860. The van der Waals surface area contributed by atoms with Crippen LogP contribution in [0.25, 0.3) is 72.0 Å². The van der Waals surface area contributed by atoms with Gasteiger partial charge in [-0.3, -0.25) is 0 Å². The number of para-hydroxylation sites is 4. The van der Waals surface area contributed by atoms with Crippen molar-refractivity contribution in [1.82, 2.24) is 4.57 Å². The molecule has 0 saturated carbocycles. The number of hydrogen-bond acceptors (Lipinski definition) is 1. The van der Waals surface area contributed by atoms with Gasteiger partial charge in [0.1, 0.15) is 0 Å². The van der Waals surface area contributed by atoms with Crippen molar-refractivity contribution in [2.45, 2.75) is 0 Å². The van der Waals surface area contributed by atoms with Crippen LogP contribution in [0.15, 0.2) is 231 Å². The molecule has 0 aliphatic carbocycles. The average molecular weight is 715 g/mol. The zero-order valence-electron chi connectivity index (χ0n) is 30.8. The number of rotatable bonds is 8. The fourth-order valence-corrected chi connectivity index (χ4v) is 8.33. The number of fused-ring (bicyclic) bond motifs is 3. The maximum atomic E-state index is 2.44. The van der Waals surface area contributed by atoms with E-state index in [9.17, 15) is 0 Å². The van der Waals surface area contributed by atoms with E-state index in [1.54, 1.807) is 0 Å². The van der Waals surface area contributed by atoms with Gasteiger partial charge in [-0.05, 0) is 70.3 Å². The second kappa shape index (κ2) is 14.4. The van der Waals surface area contributed by atoms with E-state index in [0.29, 0.717) is 0 Å². The maximum absolute atomic E-state index is 2.44. The van der Waals surface area contributed by atoms with Crippen molar-refractivity contribution in [2.75, 3.05) is 4.90 Å². The van der Waals surface area contributed by atoms with Crippen molar-refractivity contribution in [3.8, 4) is 50.2 Å². The normalized spacial score (nSPS) is 11.2. The predicted octanol–water partition coefficient (Wildman–Crippen LogP) is 14.9. The summed E-state index contributed by atoms with van der Waals surface area (Å²) in [6, 6.07) is 83.0. The summed E-state index contributed by atoms with van der Waals surface area (Å²) in [5.74, 6) is 0. The highest BCUT2D eigenvalue weighted by Crippen LogP contribution is 2.47. The van der Waals surface area contributed by atoms with Gasteiger partial charge in [-0.25, -0.2) is 0 Å². The van der Waals surface area contributed by atoms with Crippen LogP contribution < -0.4 is 4.90 Å². The molecule has 0 saturated heterocycles. The SMILES string of the molecule is c1ccc(-c2ccccc2N(c2cccc(-c3cccc4c3c3cccc(-c5ccccc5)c3n4-c3ccccc3)c2)c2ccccc2-c2ccccc2)cc1. The lowest BCUT2D eigenvalue weighted by Crippen LogP contribution is -2.12. The van der Waals surface area contributed by atoms with Crippen LogP contribution in [0.5, 0.6) is 0 Å². The number of hydrogen-bond donors (Lipinski definition) is 0. The Hall–Kier alpha value is -7.42. The Labute approximate surface area is 327 Å². The minimum atomic E-state index is 1.09. The fourth-order valence-electron chi connectivity index (χ4n) is 8.33. The molecule has 56 heavy (non-hydrogen) atoms. The van der Waals surface area contributed by atoms with E-state index in [-0.39, 0.29) is 0 Å². The molecular weight excluding hydrogens is 677 g/mol. The Balaban J connectivity index is 1.23. The second-order valence-electron chi connectivity index (χ2n) is 14.1. The lowest BCUT2D eigenvalue weighted by Gasteiger charge is -2.30. The first-order chi connectivity index (χ1) is 27.8.